The van der Waals surface area contributed by atoms with Crippen LogP contribution in [0.1, 0.15) is 18.9 Å². The molecule has 0 aliphatic carbocycles. The van der Waals surface area contributed by atoms with Crippen molar-refractivity contribution in [3.8, 4) is 0 Å². The Hall–Kier alpha value is -1.75. The molecule has 1 aliphatic heterocycles. The lowest BCUT2D eigenvalue weighted by Gasteiger charge is -2.19. The van der Waals surface area contributed by atoms with E-state index in [2.05, 4.69) is 9.97 Å². The molecule has 0 spiro atoms. The normalized spacial score (nSPS) is 14.7. The van der Waals surface area contributed by atoms with E-state index in [1.165, 1.54) is 18.3 Å². The monoisotopic (exact) mass is 282 g/mol. The second kappa shape index (κ2) is 4.74. The van der Waals surface area contributed by atoms with Gasteiger partial charge in [-0.15, -0.1) is 0 Å². The summed E-state index contributed by atoms with van der Waals surface area (Å²) in [6.07, 6.45) is -0.583. The number of benzene rings is 1. The lowest BCUT2D eigenvalue weighted by molar-refractivity contribution is 0.151. The fourth-order valence-electron chi connectivity index (χ4n) is 2.24. The van der Waals surface area contributed by atoms with Gasteiger partial charge >= 0.3 is 0 Å². The van der Waals surface area contributed by atoms with Crippen molar-refractivity contribution in [1.29, 1.82) is 0 Å². The predicted molar refractivity (Wildman–Crippen MR) is 69.2 cm³/mol. The SMILES string of the molecule is [2H]c1ncc(Cl)c(N2CCc3cc(C(F)F)ccc32)n1. The lowest BCUT2D eigenvalue weighted by Crippen LogP contribution is -2.15. The van der Waals surface area contributed by atoms with Crippen molar-refractivity contribution >= 4 is 23.1 Å². The first-order valence-corrected chi connectivity index (χ1v) is 6.11. The smallest absolute Gasteiger partial charge is 0.263 e. The zero-order valence-electron chi connectivity index (χ0n) is 10.8. The summed E-state index contributed by atoms with van der Waals surface area (Å²) in [6.45, 7) is 0.595. The average Bonchev–Trinajstić information content (AvgIpc) is 2.84. The first-order valence-electron chi connectivity index (χ1n) is 6.24. The minimum atomic E-state index is -2.48. The summed E-state index contributed by atoms with van der Waals surface area (Å²) in [7, 11) is 0. The number of halogens is 3. The molecule has 0 N–H and O–H groups in total. The molecule has 0 unspecified atom stereocenters. The zero-order valence-corrected chi connectivity index (χ0v) is 10.5. The summed E-state index contributed by atoms with van der Waals surface area (Å²) in [5, 5.41) is 0.340. The molecule has 1 aromatic carbocycles. The van der Waals surface area contributed by atoms with Crippen LogP contribution in [-0.2, 0) is 6.42 Å². The second-order valence-electron chi connectivity index (χ2n) is 4.23. The van der Waals surface area contributed by atoms with Gasteiger partial charge in [-0.1, -0.05) is 17.7 Å². The molecule has 19 heavy (non-hydrogen) atoms. The van der Waals surface area contributed by atoms with Crippen LogP contribution in [0.25, 0.3) is 0 Å². The van der Waals surface area contributed by atoms with Crippen LogP contribution in [0, 0.1) is 0 Å². The first-order chi connectivity index (χ1) is 9.56. The molecule has 6 heteroatoms. The van der Waals surface area contributed by atoms with E-state index in [0.29, 0.717) is 23.8 Å². The van der Waals surface area contributed by atoms with Crippen molar-refractivity contribution in [1.82, 2.24) is 9.97 Å². The van der Waals surface area contributed by atoms with Gasteiger partial charge in [0.1, 0.15) is 12.7 Å². The number of fused-ring (bicyclic) bond motifs is 1. The molecule has 2 aromatic rings. The van der Waals surface area contributed by atoms with E-state index < -0.39 is 6.43 Å². The Bertz CT molecular complexity index is 666. The van der Waals surface area contributed by atoms with Gasteiger partial charge in [0, 0.05) is 17.8 Å². The minimum Gasteiger partial charge on any atom is -0.324 e. The van der Waals surface area contributed by atoms with E-state index in [1.54, 1.807) is 6.07 Å². The third kappa shape index (κ3) is 2.14. The van der Waals surface area contributed by atoms with Crippen LogP contribution in [0.2, 0.25) is 5.02 Å². The lowest BCUT2D eigenvalue weighted by atomic mass is 10.1. The molecule has 1 aliphatic rings. The van der Waals surface area contributed by atoms with E-state index in [-0.39, 0.29) is 11.9 Å². The quantitative estimate of drug-likeness (QED) is 0.840. The van der Waals surface area contributed by atoms with Gasteiger partial charge in [-0.25, -0.2) is 18.7 Å². The maximum atomic E-state index is 12.7. The first kappa shape index (κ1) is 11.1. The van der Waals surface area contributed by atoms with Crippen LogP contribution in [0.4, 0.5) is 20.3 Å². The molecule has 0 radical (unpaired) electrons. The Morgan fingerprint density at radius 1 is 1.42 bits per heavy atom. The molecular formula is C13H10ClF2N3. The summed E-state index contributed by atoms with van der Waals surface area (Å²) in [6, 6.07) is 4.56. The maximum absolute atomic E-state index is 12.7. The highest BCUT2D eigenvalue weighted by Crippen LogP contribution is 2.37. The van der Waals surface area contributed by atoms with Gasteiger partial charge in [0.2, 0.25) is 0 Å². The molecule has 98 valence electrons. The van der Waals surface area contributed by atoms with Crippen LogP contribution in [0.15, 0.2) is 30.7 Å². The van der Waals surface area contributed by atoms with Crippen LogP contribution >= 0.6 is 11.6 Å². The fraction of sp³-hybridized carbons (Fsp3) is 0.231. The van der Waals surface area contributed by atoms with Gasteiger partial charge in [0.25, 0.3) is 6.43 Å². The third-order valence-electron chi connectivity index (χ3n) is 3.11. The predicted octanol–water partition coefficient (Wildman–Crippen LogP) is 3.76. The molecule has 0 amide bonds. The number of alkyl halides is 2. The van der Waals surface area contributed by atoms with Gasteiger partial charge in [-0.2, -0.15) is 0 Å². The van der Waals surface area contributed by atoms with E-state index in [0.717, 1.165) is 11.3 Å². The van der Waals surface area contributed by atoms with Gasteiger partial charge in [-0.3, -0.25) is 0 Å². The topological polar surface area (TPSA) is 29.0 Å². The molecule has 0 atom stereocenters. The van der Waals surface area contributed by atoms with Gasteiger partial charge in [-0.05, 0) is 24.1 Å². The molecule has 1 aromatic heterocycles. The van der Waals surface area contributed by atoms with Gasteiger partial charge in [0.05, 0.1) is 6.20 Å². The minimum absolute atomic E-state index is 0.0144. The Kier molecular flexibility index (Phi) is 2.77. The zero-order chi connectivity index (χ0) is 14.3. The highest BCUT2D eigenvalue weighted by atomic mass is 35.5. The standard InChI is InChI=1S/C13H10ClF2N3/c14-10-6-17-7-18-13(10)19-4-3-8-5-9(12(15)16)1-2-11(8)19/h1-2,5-7,12H,3-4H2/i7D. The number of nitrogens with zero attached hydrogens (tertiary/aromatic N) is 3. The summed E-state index contributed by atoms with van der Waals surface area (Å²) in [5.41, 5.74) is 1.65. The van der Waals surface area contributed by atoms with Gasteiger partial charge in [0.15, 0.2) is 5.82 Å². The van der Waals surface area contributed by atoms with E-state index in [1.807, 2.05) is 4.90 Å². The largest absolute Gasteiger partial charge is 0.324 e. The van der Waals surface area contributed by atoms with Crippen molar-refractivity contribution in [3.05, 3.63) is 46.8 Å². The van der Waals surface area contributed by atoms with E-state index in [9.17, 15) is 8.78 Å². The van der Waals surface area contributed by atoms with Crippen molar-refractivity contribution < 1.29 is 10.2 Å². The Morgan fingerprint density at radius 3 is 3.05 bits per heavy atom. The van der Waals surface area contributed by atoms with Crippen molar-refractivity contribution in [2.75, 3.05) is 11.4 Å². The summed E-state index contributed by atoms with van der Waals surface area (Å²) in [4.78, 5) is 9.54. The third-order valence-corrected chi connectivity index (χ3v) is 3.38. The highest BCUT2D eigenvalue weighted by molar-refractivity contribution is 6.33. The van der Waals surface area contributed by atoms with E-state index >= 15 is 0 Å². The molecule has 2 heterocycles. The Balaban J connectivity index is 2.03. The number of anilines is 2. The molecule has 0 fully saturated rings. The van der Waals surface area contributed by atoms with Crippen LogP contribution in [-0.4, -0.2) is 16.5 Å². The Labute approximate surface area is 115 Å². The molecular weight excluding hydrogens is 272 g/mol. The van der Waals surface area contributed by atoms with E-state index in [4.69, 9.17) is 13.0 Å². The Morgan fingerprint density at radius 2 is 2.26 bits per heavy atom. The molecule has 0 saturated carbocycles. The number of aromatic nitrogens is 2. The summed E-state index contributed by atoms with van der Waals surface area (Å²) in [5.74, 6) is 0.440. The maximum Gasteiger partial charge on any atom is 0.263 e. The molecule has 0 saturated heterocycles. The van der Waals surface area contributed by atoms with Crippen LogP contribution < -0.4 is 4.90 Å². The summed E-state index contributed by atoms with van der Waals surface area (Å²) < 4.78 is 32.8. The number of rotatable bonds is 2. The van der Waals surface area contributed by atoms with Crippen LogP contribution in [0.3, 0.4) is 0 Å². The molecule has 3 rings (SSSR count). The van der Waals surface area contributed by atoms with Crippen molar-refractivity contribution in [2.45, 2.75) is 12.8 Å². The summed E-state index contributed by atoms with van der Waals surface area (Å²) >= 11 is 6.05. The van der Waals surface area contributed by atoms with Crippen molar-refractivity contribution in [2.24, 2.45) is 0 Å². The molecule has 0 bridgehead atoms. The fourth-order valence-corrected chi connectivity index (χ4v) is 2.43. The average molecular weight is 283 g/mol. The van der Waals surface area contributed by atoms with Crippen LogP contribution in [0.5, 0.6) is 0 Å². The van der Waals surface area contributed by atoms with Crippen molar-refractivity contribution in [3.63, 3.8) is 0 Å². The highest BCUT2D eigenvalue weighted by Gasteiger charge is 2.24. The van der Waals surface area contributed by atoms with Gasteiger partial charge < -0.3 is 4.90 Å². The number of hydrogen-bond donors (Lipinski definition) is 0. The number of hydrogen-bond acceptors (Lipinski definition) is 3. The second-order valence-corrected chi connectivity index (χ2v) is 4.64. The molecule has 3 nitrogen and oxygen atoms in total.